The van der Waals surface area contributed by atoms with Crippen LogP contribution in [0.3, 0.4) is 0 Å². The smallest absolute Gasteiger partial charge is 0.323 e. The Hall–Kier alpha value is -3.48. The highest BCUT2D eigenvalue weighted by molar-refractivity contribution is 6.21. The van der Waals surface area contributed by atoms with Crippen molar-refractivity contribution in [2.24, 2.45) is 0 Å². The Kier molecular flexibility index (Phi) is 5.77. The minimum absolute atomic E-state index is 0.0374. The van der Waals surface area contributed by atoms with Crippen molar-refractivity contribution in [2.75, 3.05) is 6.54 Å². The van der Waals surface area contributed by atoms with Gasteiger partial charge < -0.3 is 10.0 Å². The van der Waals surface area contributed by atoms with Gasteiger partial charge in [-0.3, -0.25) is 24.1 Å². The Morgan fingerprint density at radius 3 is 2.21 bits per heavy atom. The summed E-state index contributed by atoms with van der Waals surface area (Å²) in [5, 5.41) is 9.14. The number of imide groups is 1. The van der Waals surface area contributed by atoms with E-state index in [1.54, 1.807) is 55.5 Å². The molecule has 7 nitrogen and oxygen atoms in total. The summed E-state index contributed by atoms with van der Waals surface area (Å²) in [4.78, 5) is 51.6. The molecule has 29 heavy (non-hydrogen) atoms. The first-order valence-electron chi connectivity index (χ1n) is 9.40. The number of carbonyl (C=O) groups excluding carboxylic acids is 3. The van der Waals surface area contributed by atoms with Gasteiger partial charge in [0, 0.05) is 11.6 Å². The third kappa shape index (κ3) is 4.03. The summed E-state index contributed by atoms with van der Waals surface area (Å²) in [5.74, 6) is -2.21. The molecule has 0 fully saturated rings. The molecule has 1 N–H and O–H groups in total. The van der Waals surface area contributed by atoms with Crippen LogP contribution in [0.25, 0.3) is 0 Å². The molecule has 0 radical (unpaired) electrons. The standard InChI is InChI=1S/C22H22N2O5/c1-3-14(2)23(13-19(25)26)20(27)16-8-6-7-15(11-16)12-24-21(28)17-9-4-5-10-18(17)22(24)29/h4-11,14H,3,12-13H2,1-2H3,(H,25,26). The lowest BCUT2D eigenvalue weighted by Gasteiger charge is -2.27. The molecule has 0 aromatic heterocycles. The lowest BCUT2D eigenvalue weighted by Crippen LogP contribution is -2.41. The van der Waals surface area contributed by atoms with Crippen LogP contribution in [-0.4, -0.2) is 51.2 Å². The van der Waals surface area contributed by atoms with Crippen LogP contribution in [0.2, 0.25) is 0 Å². The highest BCUT2D eigenvalue weighted by atomic mass is 16.4. The van der Waals surface area contributed by atoms with Crippen molar-refractivity contribution in [2.45, 2.75) is 32.9 Å². The van der Waals surface area contributed by atoms with Gasteiger partial charge in [0.15, 0.2) is 0 Å². The fraction of sp³-hybridized carbons (Fsp3) is 0.273. The van der Waals surface area contributed by atoms with Crippen molar-refractivity contribution in [1.82, 2.24) is 9.80 Å². The van der Waals surface area contributed by atoms with Gasteiger partial charge in [-0.25, -0.2) is 0 Å². The predicted molar refractivity (Wildman–Crippen MR) is 106 cm³/mol. The fourth-order valence-electron chi connectivity index (χ4n) is 3.33. The first-order valence-corrected chi connectivity index (χ1v) is 9.40. The molecule has 1 aliphatic rings. The van der Waals surface area contributed by atoms with Crippen LogP contribution < -0.4 is 0 Å². The van der Waals surface area contributed by atoms with E-state index in [0.717, 1.165) is 4.90 Å². The van der Waals surface area contributed by atoms with Gasteiger partial charge in [-0.2, -0.15) is 0 Å². The largest absolute Gasteiger partial charge is 0.480 e. The molecule has 2 aromatic carbocycles. The van der Waals surface area contributed by atoms with Crippen molar-refractivity contribution >= 4 is 23.7 Å². The van der Waals surface area contributed by atoms with Crippen LogP contribution in [0.5, 0.6) is 0 Å². The van der Waals surface area contributed by atoms with E-state index < -0.39 is 18.4 Å². The average molecular weight is 394 g/mol. The Morgan fingerprint density at radius 1 is 1.03 bits per heavy atom. The molecular weight excluding hydrogens is 372 g/mol. The topological polar surface area (TPSA) is 95.0 Å². The molecule has 0 saturated carbocycles. The van der Waals surface area contributed by atoms with E-state index in [1.165, 1.54) is 4.90 Å². The van der Waals surface area contributed by atoms with E-state index in [2.05, 4.69) is 0 Å². The van der Waals surface area contributed by atoms with Crippen LogP contribution in [0, 0.1) is 0 Å². The van der Waals surface area contributed by atoms with Gasteiger partial charge in [-0.15, -0.1) is 0 Å². The molecule has 3 amide bonds. The molecule has 1 heterocycles. The Labute approximate surface area is 168 Å². The van der Waals surface area contributed by atoms with Gasteiger partial charge >= 0.3 is 5.97 Å². The summed E-state index contributed by atoms with van der Waals surface area (Å²) in [6.45, 7) is 3.32. The summed E-state index contributed by atoms with van der Waals surface area (Å²) in [5.41, 5.74) is 1.67. The molecule has 1 unspecified atom stereocenters. The molecule has 1 aliphatic heterocycles. The summed E-state index contributed by atoms with van der Waals surface area (Å²) in [7, 11) is 0. The number of rotatable bonds is 7. The van der Waals surface area contributed by atoms with Gasteiger partial charge in [0.05, 0.1) is 17.7 Å². The van der Waals surface area contributed by atoms with Crippen molar-refractivity contribution in [1.29, 1.82) is 0 Å². The number of hydrogen-bond acceptors (Lipinski definition) is 4. The number of fused-ring (bicyclic) bond motifs is 1. The third-order valence-electron chi connectivity index (χ3n) is 5.08. The van der Waals surface area contributed by atoms with Crippen molar-refractivity contribution in [3.8, 4) is 0 Å². The zero-order chi connectivity index (χ0) is 21.1. The van der Waals surface area contributed by atoms with Gasteiger partial charge in [-0.1, -0.05) is 31.2 Å². The maximum absolute atomic E-state index is 12.9. The number of hydrogen-bond donors (Lipinski definition) is 1. The molecule has 7 heteroatoms. The minimum Gasteiger partial charge on any atom is -0.480 e. The fourth-order valence-corrected chi connectivity index (χ4v) is 3.33. The van der Waals surface area contributed by atoms with Crippen LogP contribution in [0.1, 0.15) is 56.9 Å². The van der Waals surface area contributed by atoms with Crippen molar-refractivity contribution in [3.63, 3.8) is 0 Å². The van der Waals surface area contributed by atoms with Crippen LogP contribution in [0.4, 0.5) is 0 Å². The van der Waals surface area contributed by atoms with Gasteiger partial charge in [-0.05, 0) is 43.2 Å². The first-order chi connectivity index (χ1) is 13.8. The molecular formula is C22H22N2O5. The Bertz CT molecular complexity index is 950. The van der Waals surface area contributed by atoms with E-state index in [0.29, 0.717) is 28.7 Å². The second-order valence-corrected chi connectivity index (χ2v) is 7.03. The summed E-state index contributed by atoms with van der Waals surface area (Å²) < 4.78 is 0. The molecule has 1 atom stereocenters. The zero-order valence-corrected chi connectivity index (χ0v) is 16.3. The Balaban J connectivity index is 1.83. The summed E-state index contributed by atoms with van der Waals surface area (Å²) >= 11 is 0. The minimum atomic E-state index is -1.08. The number of carboxylic acids is 1. The number of carboxylic acid groups (broad SMARTS) is 1. The van der Waals surface area contributed by atoms with Crippen LogP contribution >= 0.6 is 0 Å². The lowest BCUT2D eigenvalue weighted by atomic mass is 10.1. The SMILES string of the molecule is CCC(C)N(CC(=O)O)C(=O)c1cccc(CN2C(=O)c3ccccc3C2=O)c1. The molecule has 2 aromatic rings. The number of carbonyl (C=O) groups is 4. The number of aliphatic carboxylic acids is 1. The first kappa shape index (κ1) is 20.3. The highest BCUT2D eigenvalue weighted by Gasteiger charge is 2.35. The number of amides is 3. The van der Waals surface area contributed by atoms with E-state index >= 15 is 0 Å². The maximum atomic E-state index is 12.9. The normalized spacial score (nSPS) is 13.9. The molecule has 0 aliphatic carbocycles. The van der Waals surface area contributed by atoms with E-state index in [1.807, 2.05) is 6.92 Å². The highest BCUT2D eigenvalue weighted by Crippen LogP contribution is 2.24. The molecule has 0 bridgehead atoms. The maximum Gasteiger partial charge on any atom is 0.323 e. The summed E-state index contributed by atoms with van der Waals surface area (Å²) in [6.07, 6.45) is 0.619. The number of nitrogens with zero attached hydrogens (tertiary/aromatic N) is 2. The van der Waals surface area contributed by atoms with E-state index in [-0.39, 0.29) is 24.4 Å². The molecule has 0 saturated heterocycles. The quantitative estimate of drug-likeness (QED) is 0.729. The second kappa shape index (κ2) is 8.26. The molecule has 0 spiro atoms. The monoisotopic (exact) mass is 394 g/mol. The average Bonchev–Trinajstić information content (AvgIpc) is 2.96. The third-order valence-corrected chi connectivity index (χ3v) is 5.08. The van der Waals surface area contributed by atoms with Gasteiger partial charge in [0.2, 0.25) is 0 Å². The van der Waals surface area contributed by atoms with Crippen LogP contribution in [-0.2, 0) is 11.3 Å². The van der Waals surface area contributed by atoms with E-state index in [9.17, 15) is 19.2 Å². The van der Waals surface area contributed by atoms with E-state index in [4.69, 9.17) is 5.11 Å². The Morgan fingerprint density at radius 2 is 1.66 bits per heavy atom. The zero-order valence-electron chi connectivity index (χ0n) is 16.3. The van der Waals surface area contributed by atoms with Gasteiger partial charge in [0.1, 0.15) is 6.54 Å². The number of benzene rings is 2. The second-order valence-electron chi connectivity index (χ2n) is 7.03. The molecule has 150 valence electrons. The van der Waals surface area contributed by atoms with Crippen molar-refractivity contribution < 1.29 is 24.3 Å². The van der Waals surface area contributed by atoms with Crippen molar-refractivity contribution in [3.05, 3.63) is 70.8 Å². The van der Waals surface area contributed by atoms with Crippen LogP contribution in [0.15, 0.2) is 48.5 Å². The summed E-state index contributed by atoms with van der Waals surface area (Å²) in [6, 6.07) is 13.0. The molecule has 3 rings (SSSR count). The lowest BCUT2D eigenvalue weighted by molar-refractivity contribution is -0.138. The predicted octanol–water partition coefficient (Wildman–Crippen LogP) is 2.81. The van der Waals surface area contributed by atoms with Gasteiger partial charge in [0.25, 0.3) is 17.7 Å².